The van der Waals surface area contributed by atoms with Crippen LogP contribution in [0.3, 0.4) is 0 Å². The van der Waals surface area contributed by atoms with Gasteiger partial charge in [0.15, 0.2) is 0 Å². The first-order valence-corrected chi connectivity index (χ1v) is 9.09. The zero-order valence-corrected chi connectivity index (χ0v) is 14.3. The number of nitrogens with zero attached hydrogens (tertiary/aromatic N) is 3. The van der Waals surface area contributed by atoms with Gasteiger partial charge in [-0.3, -0.25) is 9.69 Å². The fraction of sp³-hybridized carbons (Fsp3) is 0.632. The van der Waals surface area contributed by atoms with Gasteiger partial charge in [-0.2, -0.15) is 0 Å². The summed E-state index contributed by atoms with van der Waals surface area (Å²) in [6.45, 7) is 8.42. The van der Waals surface area contributed by atoms with Crippen LogP contribution in [0.4, 0.5) is 5.69 Å². The predicted octanol–water partition coefficient (Wildman–Crippen LogP) is 2.60. The second-order valence-corrected chi connectivity index (χ2v) is 6.72. The molecule has 1 aromatic rings. The normalized spacial score (nSPS) is 23.9. The number of benzene rings is 1. The van der Waals surface area contributed by atoms with Crippen LogP contribution >= 0.6 is 0 Å². The summed E-state index contributed by atoms with van der Waals surface area (Å²) >= 11 is 0. The molecule has 2 saturated heterocycles. The van der Waals surface area contributed by atoms with Crippen molar-refractivity contribution in [3.8, 4) is 0 Å². The number of hydrogen-bond acceptors (Lipinski definition) is 3. The molecule has 0 radical (unpaired) electrons. The van der Waals surface area contributed by atoms with E-state index in [-0.39, 0.29) is 0 Å². The van der Waals surface area contributed by atoms with Crippen LogP contribution in [0.25, 0.3) is 0 Å². The first-order chi connectivity index (χ1) is 11.3. The zero-order chi connectivity index (χ0) is 16.1. The standard InChI is InChI=1S/C19H29N3O/c1-2-11-22-12-10-18(8-9-19(22)23)21-15-13-20(14-16-21)17-6-4-3-5-7-17/h3-7,18H,2,8-16H2,1H3. The van der Waals surface area contributed by atoms with Crippen molar-refractivity contribution in [1.29, 1.82) is 0 Å². The van der Waals surface area contributed by atoms with E-state index in [1.54, 1.807) is 0 Å². The van der Waals surface area contributed by atoms with Crippen molar-refractivity contribution in [3.05, 3.63) is 30.3 Å². The van der Waals surface area contributed by atoms with Crippen LogP contribution in [0.5, 0.6) is 0 Å². The van der Waals surface area contributed by atoms with Gasteiger partial charge in [0.25, 0.3) is 0 Å². The van der Waals surface area contributed by atoms with Crippen molar-refractivity contribution in [2.45, 2.75) is 38.6 Å². The van der Waals surface area contributed by atoms with Crippen molar-refractivity contribution in [1.82, 2.24) is 9.80 Å². The Morgan fingerprint density at radius 3 is 2.43 bits per heavy atom. The molecule has 2 aliphatic heterocycles. The highest BCUT2D eigenvalue weighted by atomic mass is 16.2. The highest BCUT2D eigenvalue weighted by Gasteiger charge is 2.28. The van der Waals surface area contributed by atoms with Crippen LogP contribution in [-0.2, 0) is 4.79 Å². The van der Waals surface area contributed by atoms with Crippen molar-refractivity contribution in [3.63, 3.8) is 0 Å². The summed E-state index contributed by atoms with van der Waals surface area (Å²) in [5.74, 6) is 0.359. The Morgan fingerprint density at radius 2 is 1.74 bits per heavy atom. The minimum atomic E-state index is 0.359. The molecule has 0 N–H and O–H groups in total. The number of rotatable bonds is 4. The highest BCUT2D eigenvalue weighted by Crippen LogP contribution is 2.22. The fourth-order valence-corrected chi connectivity index (χ4v) is 3.88. The van der Waals surface area contributed by atoms with Gasteiger partial charge < -0.3 is 9.80 Å². The van der Waals surface area contributed by atoms with Crippen LogP contribution in [0.1, 0.15) is 32.6 Å². The number of piperazine rings is 1. The van der Waals surface area contributed by atoms with Crippen molar-refractivity contribution in [2.75, 3.05) is 44.2 Å². The Balaban J connectivity index is 1.52. The summed E-state index contributed by atoms with van der Waals surface area (Å²) in [6, 6.07) is 11.3. The molecule has 126 valence electrons. The summed E-state index contributed by atoms with van der Waals surface area (Å²) in [7, 11) is 0. The number of carbonyl (C=O) groups is 1. The lowest BCUT2D eigenvalue weighted by Crippen LogP contribution is -2.50. The van der Waals surface area contributed by atoms with E-state index in [0.717, 1.165) is 65.0 Å². The van der Waals surface area contributed by atoms with E-state index in [2.05, 4.69) is 52.0 Å². The number of carbonyl (C=O) groups excluding carboxylic acids is 1. The monoisotopic (exact) mass is 315 g/mol. The summed E-state index contributed by atoms with van der Waals surface area (Å²) in [5, 5.41) is 0. The number of amides is 1. The molecule has 23 heavy (non-hydrogen) atoms. The van der Waals surface area contributed by atoms with E-state index >= 15 is 0 Å². The second kappa shape index (κ2) is 7.82. The number of hydrogen-bond donors (Lipinski definition) is 0. The maximum absolute atomic E-state index is 12.2. The molecule has 4 nitrogen and oxygen atoms in total. The molecule has 0 saturated carbocycles. The Bertz CT molecular complexity index is 497. The van der Waals surface area contributed by atoms with Gasteiger partial charge in [0.05, 0.1) is 0 Å². The van der Waals surface area contributed by atoms with Crippen LogP contribution in [0.15, 0.2) is 30.3 Å². The largest absolute Gasteiger partial charge is 0.369 e. The molecule has 1 atom stereocenters. The molecule has 1 aromatic carbocycles. The van der Waals surface area contributed by atoms with Gasteiger partial charge in [-0.05, 0) is 31.4 Å². The summed E-state index contributed by atoms with van der Waals surface area (Å²) in [6.07, 6.45) is 3.96. The molecule has 4 heteroatoms. The minimum Gasteiger partial charge on any atom is -0.369 e. The van der Waals surface area contributed by atoms with Crippen LogP contribution < -0.4 is 4.90 Å². The molecule has 0 spiro atoms. The molecule has 1 amide bonds. The van der Waals surface area contributed by atoms with E-state index in [1.165, 1.54) is 5.69 Å². The van der Waals surface area contributed by atoms with Gasteiger partial charge in [0, 0.05) is 57.4 Å². The first kappa shape index (κ1) is 16.3. The maximum Gasteiger partial charge on any atom is 0.222 e. The molecule has 3 rings (SSSR count). The van der Waals surface area contributed by atoms with Crippen molar-refractivity contribution in [2.24, 2.45) is 0 Å². The maximum atomic E-state index is 12.2. The molecular weight excluding hydrogens is 286 g/mol. The van der Waals surface area contributed by atoms with E-state index < -0.39 is 0 Å². The first-order valence-electron chi connectivity index (χ1n) is 9.09. The average molecular weight is 315 g/mol. The summed E-state index contributed by atoms with van der Waals surface area (Å²) < 4.78 is 0. The molecule has 0 aromatic heterocycles. The van der Waals surface area contributed by atoms with Gasteiger partial charge in [0.2, 0.25) is 5.91 Å². The number of para-hydroxylation sites is 1. The van der Waals surface area contributed by atoms with Gasteiger partial charge >= 0.3 is 0 Å². The van der Waals surface area contributed by atoms with E-state index in [0.29, 0.717) is 11.9 Å². The Labute approximate surface area is 140 Å². The Morgan fingerprint density at radius 1 is 1.00 bits per heavy atom. The predicted molar refractivity (Wildman–Crippen MR) is 94.7 cm³/mol. The molecule has 2 fully saturated rings. The average Bonchev–Trinajstić information content (AvgIpc) is 2.79. The van der Waals surface area contributed by atoms with Crippen LogP contribution in [0, 0.1) is 0 Å². The molecule has 1 unspecified atom stereocenters. The van der Waals surface area contributed by atoms with E-state index in [9.17, 15) is 4.79 Å². The second-order valence-electron chi connectivity index (χ2n) is 6.72. The number of anilines is 1. The van der Waals surface area contributed by atoms with Crippen LogP contribution in [0.2, 0.25) is 0 Å². The van der Waals surface area contributed by atoms with Crippen LogP contribution in [-0.4, -0.2) is 61.0 Å². The van der Waals surface area contributed by atoms with E-state index in [4.69, 9.17) is 0 Å². The quantitative estimate of drug-likeness (QED) is 0.854. The summed E-state index contributed by atoms with van der Waals surface area (Å²) in [4.78, 5) is 19.3. The zero-order valence-electron chi connectivity index (χ0n) is 14.3. The van der Waals surface area contributed by atoms with Gasteiger partial charge in [0.1, 0.15) is 0 Å². The lowest BCUT2D eigenvalue weighted by molar-refractivity contribution is -0.130. The lowest BCUT2D eigenvalue weighted by Gasteiger charge is -2.40. The minimum absolute atomic E-state index is 0.359. The Hall–Kier alpha value is -1.55. The highest BCUT2D eigenvalue weighted by molar-refractivity contribution is 5.76. The third kappa shape index (κ3) is 4.05. The van der Waals surface area contributed by atoms with Gasteiger partial charge in [-0.25, -0.2) is 0 Å². The topological polar surface area (TPSA) is 26.8 Å². The fourth-order valence-electron chi connectivity index (χ4n) is 3.88. The Kier molecular flexibility index (Phi) is 5.55. The number of likely N-dealkylation sites (tertiary alicyclic amines) is 1. The van der Waals surface area contributed by atoms with E-state index in [1.807, 2.05) is 0 Å². The molecule has 2 aliphatic rings. The molecular formula is C19H29N3O. The molecule has 0 aliphatic carbocycles. The smallest absolute Gasteiger partial charge is 0.222 e. The molecule has 2 heterocycles. The van der Waals surface area contributed by atoms with Gasteiger partial charge in [-0.1, -0.05) is 25.1 Å². The van der Waals surface area contributed by atoms with Crippen molar-refractivity contribution >= 4 is 11.6 Å². The molecule has 0 bridgehead atoms. The van der Waals surface area contributed by atoms with Gasteiger partial charge in [-0.15, -0.1) is 0 Å². The lowest BCUT2D eigenvalue weighted by atomic mass is 10.1. The third-order valence-electron chi connectivity index (χ3n) is 5.22. The summed E-state index contributed by atoms with van der Waals surface area (Å²) in [5.41, 5.74) is 1.33. The SMILES string of the molecule is CCCN1CCC(N2CCN(c3ccccc3)CC2)CCC1=O. The third-order valence-corrected chi connectivity index (χ3v) is 5.22. The van der Waals surface area contributed by atoms with Crippen molar-refractivity contribution < 1.29 is 4.79 Å².